The normalized spacial score (nSPS) is 10.7. The third-order valence-corrected chi connectivity index (χ3v) is 4.78. The topological polar surface area (TPSA) is 71.2 Å². The van der Waals surface area contributed by atoms with Gasteiger partial charge in [0.1, 0.15) is 11.6 Å². The molecule has 0 unspecified atom stereocenters. The number of benzene rings is 2. The second-order valence-electron chi connectivity index (χ2n) is 5.82. The highest BCUT2D eigenvalue weighted by Gasteiger charge is 2.09. The van der Waals surface area contributed by atoms with Crippen LogP contribution in [0.5, 0.6) is 5.75 Å². The van der Waals surface area contributed by atoms with Gasteiger partial charge < -0.3 is 15.0 Å². The van der Waals surface area contributed by atoms with Crippen LogP contribution in [-0.2, 0) is 10.5 Å². The van der Waals surface area contributed by atoms with Crippen molar-refractivity contribution in [2.24, 2.45) is 0 Å². The number of nitrogens with one attached hydrogen (secondary N) is 2. The van der Waals surface area contributed by atoms with Crippen molar-refractivity contribution >= 4 is 34.3 Å². The molecule has 0 aliphatic heterocycles. The van der Waals surface area contributed by atoms with Crippen molar-refractivity contribution in [1.82, 2.24) is 4.98 Å². The minimum Gasteiger partial charge on any atom is -0.492 e. The molecule has 2 N–H and O–H groups in total. The molecule has 0 aliphatic rings. The number of pyridine rings is 1. The Balaban J connectivity index is 1.60. The van der Waals surface area contributed by atoms with Crippen molar-refractivity contribution in [1.29, 1.82) is 0 Å². The van der Waals surface area contributed by atoms with Gasteiger partial charge in [-0.25, -0.2) is 4.39 Å². The number of amides is 1. The minimum atomic E-state index is -0.445. The molecule has 1 heterocycles. The number of carbonyl (C=O) groups is 1. The Morgan fingerprint density at radius 1 is 1.22 bits per heavy atom. The summed E-state index contributed by atoms with van der Waals surface area (Å²) in [6.07, 6.45) is 0. The molecule has 0 saturated heterocycles. The molecular weight excluding hydrogens is 367 g/mol. The van der Waals surface area contributed by atoms with Crippen LogP contribution in [-0.4, -0.2) is 23.3 Å². The van der Waals surface area contributed by atoms with Crippen LogP contribution < -0.4 is 15.5 Å². The predicted molar refractivity (Wildman–Crippen MR) is 107 cm³/mol. The molecule has 5 nitrogen and oxygen atoms in total. The molecule has 0 spiro atoms. The van der Waals surface area contributed by atoms with E-state index in [4.69, 9.17) is 4.74 Å². The van der Waals surface area contributed by atoms with E-state index in [0.29, 0.717) is 40.4 Å². The third-order valence-electron chi connectivity index (χ3n) is 3.80. The van der Waals surface area contributed by atoms with Crippen LogP contribution in [0.25, 0.3) is 10.9 Å². The van der Waals surface area contributed by atoms with Crippen molar-refractivity contribution in [2.45, 2.75) is 12.7 Å². The number of anilines is 1. The number of ether oxygens (including phenoxy) is 1. The van der Waals surface area contributed by atoms with Crippen LogP contribution in [0, 0.1) is 5.82 Å². The van der Waals surface area contributed by atoms with Gasteiger partial charge in [-0.3, -0.25) is 9.59 Å². The lowest BCUT2D eigenvalue weighted by molar-refractivity contribution is -0.113. The molecule has 0 aliphatic carbocycles. The van der Waals surface area contributed by atoms with E-state index in [1.165, 1.54) is 36.0 Å². The van der Waals surface area contributed by atoms with Crippen LogP contribution in [0.3, 0.4) is 0 Å². The lowest BCUT2D eigenvalue weighted by Gasteiger charge is -2.11. The first kappa shape index (κ1) is 19.0. The number of rotatable bonds is 7. The second-order valence-corrected chi connectivity index (χ2v) is 6.80. The molecule has 0 bridgehead atoms. The number of carbonyl (C=O) groups excluding carboxylic acids is 1. The number of para-hydroxylation sites is 2. The average molecular weight is 386 g/mol. The number of halogens is 1. The third kappa shape index (κ3) is 4.89. The van der Waals surface area contributed by atoms with Crippen LogP contribution in [0.15, 0.2) is 53.3 Å². The van der Waals surface area contributed by atoms with E-state index in [-0.39, 0.29) is 17.1 Å². The summed E-state index contributed by atoms with van der Waals surface area (Å²) in [5.74, 6) is 0.716. The summed E-state index contributed by atoms with van der Waals surface area (Å²) in [5.41, 5.74) is 1.65. The molecule has 3 aromatic rings. The highest BCUT2D eigenvalue weighted by Crippen LogP contribution is 2.24. The smallest absolute Gasteiger partial charge is 0.234 e. The first-order chi connectivity index (χ1) is 13.1. The zero-order valence-corrected chi connectivity index (χ0v) is 15.6. The Hall–Kier alpha value is -2.80. The maximum atomic E-state index is 13.3. The molecular formula is C20H19FN2O3S. The van der Waals surface area contributed by atoms with Gasteiger partial charge >= 0.3 is 0 Å². The number of fused-ring (bicyclic) bond motifs is 1. The highest BCUT2D eigenvalue weighted by atomic mass is 32.2. The van der Waals surface area contributed by atoms with E-state index in [2.05, 4.69) is 10.3 Å². The van der Waals surface area contributed by atoms with Gasteiger partial charge in [0, 0.05) is 28.4 Å². The molecule has 0 saturated carbocycles. The van der Waals surface area contributed by atoms with Gasteiger partial charge in [0.05, 0.1) is 18.0 Å². The molecule has 3 rings (SSSR count). The molecule has 140 valence electrons. The molecule has 7 heteroatoms. The van der Waals surface area contributed by atoms with Crippen molar-refractivity contribution in [3.63, 3.8) is 0 Å². The van der Waals surface area contributed by atoms with E-state index < -0.39 is 5.82 Å². The highest BCUT2D eigenvalue weighted by molar-refractivity contribution is 7.99. The standard InChI is InChI=1S/C20H19FN2O3S/c1-2-26-19-6-4-3-5-17(19)23-20(25)12-27-11-14-10-18(24)15-9-13(21)7-8-16(15)22-14/h3-10H,2,11-12H2,1H3,(H,22,24)(H,23,25). The maximum Gasteiger partial charge on any atom is 0.234 e. The Bertz CT molecular complexity index is 1020. The fourth-order valence-corrected chi connectivity index (χ4v) is 3.38. The number of H-pyrrole nitrogens is 1. The van der Waals surface area contributed by atoms with Crippen LogP contribution in [0.1, 0.15) is 12.6 Å². The van der Waals surface area contributed by atoms with Gasteiger partial charge in [0.25, 0.3) is 0 Å². The van der Waals surface area contributed by atoms with Gasteiger partial charge in [-0.05, 0) is 37.3 Å². The van der Waals surface area contributed by atoms with Crippen molar-refractivity contribution in [3.05, 3.63) is 70.3 Å². The lowest BCUT2D eigenvalue weighted by atomic mass is 10.2. The number of hydrogen-bond acceptors (Lipinski definition) is 4. The summed E-state index contributed by atoms with van der Waals surface area (Å²) in [7, 11) is 0. The number of aromatic nitrogens is 1. The molecule has 0 radical (unpaired) electrons. The fraction of sp³-hybridized carbons (Fsp3) is 0.200. The summed E-state index contributed by atoms with van der Waals surface area (Å²) >= 11 is 1.38. The van der Waals surface area contributed by atoms with Crippen LogP contribution in [0.4, 0.5) is 10.1 Å². The Labute approximate surface area is 159 Å². The summed E-state index contributed by atoms with van der Waals surface area (Å²) in [5, 5.41) is 3.14. The minimum absolute atomic E-state index is 0.155. The zero-order chi connectivity index (χ0) is 19.2. The van der Waals surface area contributed by atoms with E-state index in [0.717, 1.165) is 0 Å². The van der Waals surface area contributed by atoms with E-state index in [1.807, 2.05) is 19.1 Å². The summed E-state index contributed by atoms with van der Waals surface area (Å²) in [4.78, 5) is 27.4. The van der Waals surface area contributed by atoms with Gasteiger partial charge in [-0.15, -0.1) is 11.8 Å². The van der Waals surface area contributed by atoms with E-state index in [9.17, 15) is 14.0 Å². The average Bonchev–Trinajstić information content (AvgIpc) is 2.64. The zero-order valence-electron chi connectivity index (χ0n) is 14.8. The SMILES string of the molecule is CCOc1ccccc1NC(=O)CSCc1cc(=O)c2cc(F)ccc2[nH]1. The fourth-order valence-electron chi connectivity index (χ4n) is 2.64. The molecule has 0 fully saturated rings. The Morgan fingerprint density at radius 3 is 2.85 bits per heavy atom. The number of thioether (sulfide) groups is 1. The summed E-state index contributed by atoms with van der Waals surface area (Å²) in [6, 6.07) is 12.8. The van der Waals surface area contributed by atoms with Crippen molar-refractivity contribution in [3.8, 4) is 5.75 Å². The summed E-state index contributed by atoms with van der Waals surface area (Å²) in [6.45, 7) is 2.40. The lowest BCUT2D eigenvalue weighted by Crippen LogP contribution is -2.15. The maximum absolute atomic E-state index is 13.3. The summed E-state index contributed by atoms with van der Waals surface area (Å²) < 4.78 is 18.7. The van der Waals surface area contributed by atoms with Gasteiger partial charge in [-0.2, -0.15) is 0 Å². The van der Waals surface area contributed by atoms with E-state index in [1.54, 1.807) is 12.1 Å². The van der Waals surface area contributed by atoms with E-state index >= 15 is 0 Å². The van der Waals surface area contributed by atoms with Gasteiger partial charge in [-0.1, -0.05) is 12.1 Å². The van der Waals surface area contributed by atoms with Crippen LogP contribution >= 0.6 is 11.8 Å². The first-order valence-electron chi connectivity index (χ1n) is 8.47. The Kier molecular flexibility index (Phi) is 6.13. The van der Waals surface area contributed by atoms with Gasteiger partial charge in [0.15, 0.2) is 5.43 Å². The molecule has 0 atom stereocenters. The Morgan fingerprint density at radius 2 is 2.04 bits per heavy atom. The largest absolute Gasteiger partial charge is 0.492 e. The second kappa shape index (κ2) is 8.73. The first-order valence-corrected chi connectivity index (χ1v) is 9.63. The molecule has 1 aromatic heterocycles. The van der Waals surface area contributed by atoms with Gasteiger partial charge in [0.2, 0.25) is 5.91 Å². The molecule has 2 aromatic carbocycles. The molecule has 27 heavy (non-hydrogen) atoms. The number of aromatic amines is 1. The quantitative estimate of drug-likeness (QED) is 0.645. The van der Waals surface area contributed by atoms with Crippen molar-refractivity contribution < 1.29 is 13.9 Å². The van der Waals surface area contributed by atoms with Crippen LogP contribution in [0.2, 0.25) is 0 Å². The molecule has 1 amide bonds. The number of hydrogen-bond donors (Lipinski definition) is 2. The monoisotopic (exact) mass is 386 g/mol. The van der Waals surface area contributed by atoms with Crippen molar-refractivity contribution in [2.75, 3.05) is 17.7 Å². The predicted octanol–water partition coefficient (Wildman–Crippen LogP) is 3.94.